The van der Waals surface area contributed by atoms with Crippen LogP contribution in [0.1, 0.15) is 0 Å². The quantitative estimate of drug-likeness (QED) is 0.469. The van der Waals surface area contributed by atoms with Gasteiger partial charge in [-0.15, -0.1) is 0 Å². The fraction of sp³-hybridized carbons (Fsp3) is 0. The molecule has 0 heterocycles. The summed E-state index contributed by atoms with van der Waals surface area (Å²) in [4.78, 5) is 0. The zero-order valence-electron chi connectivity index (χ0n) is 9.93. The molecular weight excluding hydrogens is 216 g/mol. The fourth-order valence-corrected chi connectivity index (χ4v) is 2.63. The van der Waals surface area contributed by atoms with E-state index in [0.717, 1.165) is 0 Å². The van der Waals surface area contributed by atoms with Crippen molar-refractivity contribution in [1.29, 1.82) is 0 Å². The predicted octanol–water partition coefficient (Wildman–Crippen LogP) is 4.62. The Bertz CT molecular complexity index is 733. The molecule has 0 aliphatic heterocycles. The Morgan fingerprint density at radius 1 is 0.500 bits per heavy atom. The Hall–Kier alpha value is -2.34. The summed E-state index contributed by atoms with van der Waals surface area (Å²) in [6, 6.07) is 25.8. The van der Waals surface area contributed by atoms with Crippen LogP contribution in [0.3, 0.4) is 0 Å². The molecule has 2 aliphatic carbocycles. The number of hydrogen-bond donors (Lipinski definition) is 0. The minimum atomic E-state index is 1.32. The third-order valence-electron chi connectivity index (χ3n) is 3.60. The van der Waals surface area contributed by atoms with Crippen molar-refractivity contribution >= 4 is 0 Å². The van der Waals surface area contributed by atoms with Gasteiger partial charge in [-0.25, -0.2) is 0 Å². The Kier molecular flexibility index (Phi) is 1.92. The van der Waals surface area contributed by atoms with E-state index in [1.165, 1.54) is 32.7 Å². The highest BCUT2D eigenvalue weighted by Crippen LogP contribution is 2.36. The molecule has 0 amide bonds. The molecule has 4 rings (SSSR count). The zero-order chi connectivity index (χ0) is 11.9. The van der Waals surface area contributed by atoms with Gasteiger partial charge in [-0.05, 0) is 44.8 Å². The first-order valence-electron chi connectivity index (χ1n) is 6.23. The Morgan fingerprint density at radius 2 is 0.944 bits per heavy atom. The molecule has 2 aliphatic rings. The molecule has 0 aromatic heterocycles. The van der Waals surface area contributed by atoms with E-state index >= 15 is 0 Å². The van der Waals surface area contributed by atoms with Crippen molar-refractivity contribution in [2.45, 2.75) is 0 Å². The number of benzene rings is 3. The molecule has 0 atom stereocenters. The minimum Gasteiger partial charge on any atom is -0.0622 e. The molecule has 0 radical (unpaired) electrons. The Morgan fingerprint density at radius 3 is 1.33 bits per heavy atom. The molecule has 0 saturated carbocycles. The van der Waals surface area contributed by atoms with Gasteiger partial charge in [0.2, 0.25) is 0 Å². The van der Waals surface area contributed by atoms with Crippen molar-refractivity contribution in [2.75, 3.05) is 0 Å². The molecule has 0 spiro atoms. The third kappa shape index (κ3) is 1.26. The molecule has 2 aromatic carbocycles. The van der Waals surface area contributed by atoms with Crippen LogP contribution in [0.15, 0.2) is 72.8 Å². The second-order valence-corrected chi connectivity index (χ2v) is 4.68. The summed E-state index contributed by atoms with van der Waals surface area (Å²) in [6.45, 7) is 0. The topological polar surface area (TPSA) is 0 Å². The molecular formula is C18H12. The molecule has 84 valence electrons. The smallest absolute Gasteiger partial charge is 0.00259 e. The van der Waals surface area contributed by atoms with E-state index in [1.807, 2.05) is 0 Å². The summed E-state index contributed by atoms with van der Waals surface area (Å²) in [7, 11) is 0. The maximum Gasteiger partial charge on any atom is -0.00259 e. The maximum absolute atomic E-state index is 2.27. The monoisotopic (exact) mass is 228 g/mol. The van der Waals surface area contributed by atoms with Crippen molar-refractivity contribution in [3.8, 4) is 22.3 Å². The standard InChI is InChI=1S/C18H12/c1-3-7-13(8-4-1)16-11-15-12-17(18(15)16)14-9-5-2-6-10-14/h1-12H. The highest BCUT2D eigenvalue weighted by molar-refractivity contribution is 5.79. The second-order valence-electron chi connectivity index (χ2n) is 4.68. The molecule has 0 unspecified atom stereocenters. The Labute approximate surface area is 106 Å². The summed E-state index contributed by atoms with van der Waals surface area (Å²) in [5, 5.41) is 2.83. The lowest BCUT2D eigenvalue weighted by Gasteiger charge is -2.18. The van der Waals surface area contributed by atoms with E-state index in [0.29, 0.717) is 0 Å². The van der Waals surface area contributed by atoms with Crippen molar-refractivity contribution in [2.24, 2.45) is 0 Å². The van der Waals surface area contributed by atoms with Gasteiger partial charge in [-0.1, -0.05) is 60.7 Å². The van der Waals surface area contributed by atoms with Gasteiger partial charge in [0, 0.05) is 0 Å². The summed E-state index contributed by atoms with van der Waals surface area (Å²) < 4.78 is 0. The Balaban J connectivity index is 1.86. The van der Waals surface area contributed by atoms with Crippen LogP contribution in [0, 0.1) is 10.4 Å². The molecule has 0 bridgehead atoms. The minimum absolute atomic E-state index is 1.32. The lowest BCUT2D eigenvalue weighted by Crippen LogP contribution is -1.97. The van der Waals surface area contributed by atoms with Gasteiger partial charge < -0.3 is 0 Å². The van der Waals surface area contributed by atoms with E-state index in [2.05, 4.69) is 72.8 Å². The second kappa shape index (κ2) is 3.58. The molecule has 18 heavy (non-hydrogen) atoms. The van der Waals surface area contributed by atoms with E-state index in [9.17, 15) is 0 Å². The molecule has 0 nitrogen and oxygen atoms in total. The summed E-state index contributed by atoms with van der Waals surface area (Å²) in [5.74, 6) is 0. The van der Waals surface area contributed by atoms with E-state index in [-0.39, 0.29) is 0 Å². The van der Waals surface area contributed by atoms with Crippen molar-refractivity contribution < 1.29 is 0 Å². The lowest BCUT2D eigenvalue weighted by atomic mass is 9.85. The van der Waals surface area contributed by atoms with Crippen molar-refractivity contribution in [3.63, 3.8) is 0 Å². The molecule has 0 fully saturated rings. The normalized spacial score (nSPS) is 11.3. The predicted molar refractivity (Wildman–Crippen MR) is 75.0 cm³/mol. The first kappa shape index (κ1) is 9.67. The largest absolute Gasteiger partial charge is 0.0622 e. The van der Waals surface area contributed by atoms with E-state index < -0.39 is 0 Å². The van der Waals surface area contributed by atoms with Gasteiger partial charge in [0.15, 0.2) is 0 Å². The van der Waals surface area contributed by atoms with Crippen LogP contribution in [0.4, 0.5) is 0 Å². The molecule has 0 heteroatoms. The van der Waals surface area contributed by atoms with Crippen LogP contribution in [0.2, 0.25) is 0 Å². The average Bonchev–Trinajstić information content (AvgIpc) is 2.43. The van der Waals surface area contributed by atoms with Crippen molar-refractivity contribution in [3.05, 3.63) is 83.2 Å². The maximum atomic E-state index is 2.27. The third-order valence-corrected chi connectivity index (χ3v) is 3.60. The highest BCUT2D eigenvalue weighted by atomic mass is 14.2. The van der Waals surface area contributed by atoms with E-state index in [4.69, 9.17) is 0 Å². The first-order chi connectivity index (χ1) is 8.93. The van der Waals surface area contributed by atoms with Crippen LogP contribution < -0.4 is 0 Å². The summed E-state index contributed by atoms with van der Waals surface area (Å²) in [6.07, 6.45) is 0. The van der Waals surface area contributed by atoms with Gasteiger partial charge >= 0.3 is 0 Å². The van der Waals surface area contributed by atoms with Crippen LogP contribution in [-0.2, 0) is 0 Å². The van der Waals surface area contributed by atoms with Gasteiger partial charge in [0.25, 0.3) is 0 Å². The van der Waals surface area contributed by atoms with Gasteiger partial charge in [0.1, 0.15) is 0 Å². The summed E-state index contributed by atoms with van der Waals surface area (Å²) >= 11 is 0. The van der Waals surface area contributed by atoms with Crippen LogP contribution >= 0.6 is 0 Å². The summed E-state index contributed by atoms with van der Waals surface area (Å²) in [5.41, 5.74) is 5.40. The van der Waals surface area contributed by atoms with Gasteiger partial charge in [0.05, 0.1) is 0 Å². The number of rotatable bonds is 2. The van der Waals surface area contributed by atoms with E-state index in [1.54, 1.807) is 0 Å². The molecule has 0 saturated heterocycles. The molecule has 2 aromatic rings. The van der Waals surface area contributed by atoms with Gasteiger partial charge in [-0.2, -0.15) is 0 Å². The number of hydrogen-bond acceptors (Lipinski definition) is 0. The molecule has 0 N–H and O–H groups in total. The average molecular weight is 228 g/mol. The van der Waals surface area contributed by atoms with Gasteiger partial charge in [-0.3, -0.25) is 0 Å². The van der Waals surface area contributed by atoms with Crippen LogP contribution in [0.25, 0.3) is 22.3 Å². The first-order valence-corrected chi connectivity index (χ1v) is 6.23. The van der Waals surface area contributed by atoms with Crippen LogP contribution in [0.5, 0.6) is 0 Å². The van der Waals surface area contributed by atoms with Crippen LogP contribution in [-0.4, -0.2) is 0 Å². The SMILES string of the molecule is c1ccc(-c2cc3cc(-c4ccccc4)c2=3)cc1. The lowest BCUT2D eigenvalue weighted by molar-refractivity contribution is 1.37. The fourth-order valence-electron chi connectivity index (χ4n) is 2.63. The highest BCUT2D eigenvalue weighted by Gasteiger charge is 2.15. The van der Waals surface area contributed by atoms with Crippen molar-refractivity contribution in [1.82, 2.24) is 0 Å². The zero-order valence-corrected chi connectivity index (χ0v) is 9.93.